The lowest BCUT2D eigenvalue weighted by atomic mass is 9.99. The number of carbonyl (C=O) groups excluding carboxylic acids is 2. The Hall–Kier alpha value is -2.28. The van der Waals surface area contributed by atoms with Gasteiger partial charge in [-0.3, -0.25) is 9.59 Å². The molecular weight excluding hydrogens is 300 g/mol. The van der Waals surface area contributed by atoms with Crippen molar-refractivity contribution in [2.75, 3.05) is 13.1 Å². The molecule has 1 heterocycles. The lowest BCUT2D eigenvalue weighted by Gasteiger charge is -2.26. The summed E-state index contributed by atoms with van der Waals surface area (Å²) in [6.45, 7) is 3.74. The van der Waals surface area contributed by atoms with Gasteiger partial charge in [-0.15, -0.1) is 0 Å². The molecule has 2 amide bonds. The molecule has 24 heavy (non-hydrogen) atoms. The molecular formula is C20H26N2O2. The van der Waals surface area contributed by atoms with Crippen molar-refractivity contribution in [3.8, 4) is 11.8 Å². The maximum absolute atomic E-state index is 12.4. The lowest BCUT2D eigenvalue weighted by molar-refractivity contribution is -0.121. The zero-order chi connectivity index (χ0) is 17.4. The fourth-order valence-corrected chi connectivity index (χ4v) is 2.95. The number of piperidine rings is 1. The molecule has 1 fully saturated rings. The van der Waals surface area contributed by atoms with Crippen LogP contribution in [-0.2, 0) is 4.79 Å². The van der Waals surface area contributed by atoms with Gasteiger partial charge in [0.1, 0.15) is 0 Å². The molecule has 0 spiro atoms. The van der Waals surface area contributed by atoms with Crippen LogP contribution in [0.2, 0.25) is 0 Å². The van der Waals surface area contributed by atoms with Gasteiger partial charge < -0.3 is 10.6 Å². The molecule has 0 radical (unpaired) electrons. The number of rotatable bonds is 5. The molecule has 0 aromatic heterocycles. The number of nitrogens with two attached hydrogens (primary N) is 1. The molecule has 1 atom stereocenters. The zero-order valence-corrected chi connectivity index (χ0v) is 14.4. The number of hydrogen-bond acceptors (Lipinski definition) is 2. The highest BCUT2D eigenvalue weighted by Crippen LogP contribution is 2.14. The number of benzene rings is 1. The van der Waals surface area contributed by atoms with E-state index in [0.29, 0.717) is 12.0 Å². The second kappa shape index (κ2) is 9.12. The van der Waals surface area contributed by atoms with Crippen LogP contribution < -0.4 is 5.73 Å². The Kier molecular flexibility index (Phi) is 6.87. The molecule has 0 bridgehead atoms. The van der Waals surface area contributed by atoms with Crippen molar-refractivity contribution in [1.29, 1.82) is 0 Å². The molecule has 0 aliphatic carbocycles. The standard InChI is InChI=1S/C20H26N2O2/c1-2-7-17(19(21)23)9-6-8-16-10-12-18(13-11-16)20(24)22-14-4-3-5-15-22/h10-13,17H,2-5,7,9,14-15H2,1H3,(H2,21,23). The van der Waals surface area contributed by atoms with Gasteiger partial charge in [0.15, 0.2) is 0 Å². The van der Waals surface area contributed by atoms with Crippen molar-refractivity contribution in [3.63, 3.8) is 0 Å². The van der Waals surface area contributed by atoms with E-state index < -0.39 is 0 Å². The maximum Gasteiger partial charge on any atom is 0.253 e. The summed E-state index contributed by atoms with van der Waals surface area (Å²) in [4.78, 5) is 25.6. The van der Waals surface area contributed by atoms with Gasteiger partial charge in [0.05, 0.1) is 0 Å². The summed E-state index contributed by atoms with van der Waals surface area (Å²) in [6.07, 6.45) is 5.57. The third-order valence-corrected chi connectivity index (χ3v) is 4.40. The predicted octanol–water partition coefficient (Wildman–Crippen LogP) is 2.96. The minimum atomic E-state index is -0.284. The van der Waals surface area contributed by atoms with Crippen LogP contribution >= 0.6 is 0 Å². The van der Waals surface area contributed by atoms with Crippen molar-refractivity contribution in [2.24, 2.45) is 11.7 Å². The predicted molar refractivity (Wildman–Crippen MR) is 95.3 cm³/mol. The highest BCUT2D eigenvalue weighted by Gasteiger charge is 2.17. The van der Waals surface area contributed by atoms with Crippen molar-refractivity contribution in [2.45, 2.75) is 45.4 Å². The highest BCUT2D eigenvalue weighted by molar-refractivity contribution is 5.94. The van der Waals surface area contributed by atoms with Gasteiger partial charge in [0.25, 0.3) is 5.91 Å². The van der Waals surface area contributed by atoms with E-state index in [4.69, 9.17) is 5.73 Å². The van der Waals surface area contributed by atoms with E-state index in [-0.39, 0.29) is 17.7 Å². The van der Waals surface area contributed by atoms with Crippen LogP contribution in [0, 0.1) is 17.8 Å². The molecule has 1 saturated heterocycles. The summed E-state index contributed by atoms with van der Waals surface area (Å²) in [5.41, 5.74) is 6.94. The topological polar surface area (TPSA) is 63.4 Å². The number of nitrogens with zero attached hydrogens (tertiary/aromatic N) is 1. The van der Waals surface area contributed by atoms with Crippen LogP contribution in [0.5, 0.6) is 0 Å². The average Bonchev–Trinajstić information content (AvgIpc) is 2.61. The Bertz CT molecular complexity index is 619. The quantitative estimate of drug-likeness (QED) is 0.846. The molecule has 4 heteroatoms. The number of amides is 2. The number of likely N-dealkylation sites (tertiary alicyclic amines) is 1. The molecule has 1 aromatic carbocycles. The fraction of sp³-hybridized carbons (Fsp3) is 0.500. The molecule has 128 valence electrons. The van der Waals surface area contributed by atoms with Crippen LogP contribution in [0.25, 0.3) is 0 Å². The molecule has 1 aliphatic rings. The van der Waals surface area contributed by atoms with Gasteiger partial charge in [-0.2, -0.15) is 0 Å². The molecule has 4 nitrogen and oxygen atoms in total. The molecule has 0 saturated carbocycles. The van der Waals surface area contributed by atoms with Gasteiger partial charge >= 0.3 is 0 Å². The van der Waals surface area contributed by atoms with E-state index in [0.717, 1.165) is 44.3 Å². The summed E-state index contributed by atoms with van der Waals surface area (Å²) >= 11 is 0. The van der Waals surface area contributed by atoms with Crippen molar-refractivity contribution >= 4 is 11.8 Å². The van der Waals surface area contributed by atoms with Crippen molar-refractivity contribution in [1.82, 2.24) is 4.90 Å². The van der Waals surface area contributed by atoms with Crippen LogP contribution in [-0.4, -0.2) is 29.8 Å². The minimum Gasteiger partial charge on any atom is -0.369 e. The van der Waals surface area contributed by atoms with E-state index in [9.17, 15) is 9.59 Å². The average molecular weight is 326 g/mol. The van der Waals surface area contributed by atoms with E-state index in [1.807, 2.05) is 36.1 Å². The Morgan fingerprint density at radius 2 is 1.83 bits per heavy atom. The van der Waals surface area contributed by atoms with E-state index in [2.05, 4.69) is 11.8 Å². The number of carbonyl (C=O) groups is 2. The number of primary amides is 1. The lowest BCUT2D eigenvalue weighted by Crippen LogP contribution is -2.35. The van der Waals surface area contributed by atoms with Crippen LogP contribution in [0.3, 0.4) is 0 Å². The summed E-state index contributed by atoms with van der Waals surface area (Å²) in [6, 6.07) is 7.39. The second-order valence-corrected chi connectivity index (χ2v) is 6.32. The first-order valence-corrected chi connectivity index (χ1v) is 8.79. The minimum absolute atomic E-state index is 0.103. The van der Waals surface area contributed by atoms with E-state index in [1.54, 1.807) is 0 Å². The van der Waals surface area contributed by atoms with Crippen LogP contribution in [0.15, 0.2) is 24.3 Å². The number of hydrogen-bond donors (Lipinski definition) is 1. The van der Waals surface area contributed by atoms with E-state index in [1.165, 1.54) is 6.42 Å². The molecule has 1 unspecified atom stereocenters. The Morgan fingerprint density at radius 3 is 2.42 bits per heavy atom. The maximum atomic E-state index is 12.4. The molecule has 2 rings (SSSR count). The Labute approximate surface area is 144 Å². The summed E-state index contributed by atoms with van der Waals surface area (Å²) in [5, 5.41) is 0. The van der Waals surface area contributed by atoms with Crippen LogP contribution in [0.4, 0.5) is 0 Å². The zero-order valence-electron chi connectivity index (χ0n) is 14.4. The Morgan fingerprint density at radius 1 is 1.17 bits per heavy atom. The van der Waals surface area contributed by atoms with Crippen molar-refractivity contribution in [3.05, 3.63) is 35.4 Å². The first-order valence-electron chi connectivity index (χ1n) is 8.79. The third-order valence-electron chi connectivity index (χ3n) is 4.40. The van der Waals surface area contributed by atoms with Crippen molar-refractivity contribution < 1.29 is 9.59 Å². The normalized spacial score (nSPS) is 15.3. The third kappa shape index (κ3) is 5.13. The van der Waals surface area contributed by atoms with Gasteiger partial charge in [0.2, 0.25) is 5.91 Å². The fourth-order valence-electron chi connectivity index (χ4n) is 2.95. The smallest absolute Gasteiger partial charge is 0.253 e. The van der Waals surface area contributed by atoms with Crippen LogP contribution in [0.1, 0.15) is 61.4 Å². The summed E-state index contributed by atoms with van der Waals surface area (Å²) < 4.78 is 0. The first kappa shape index (κ1) is 18.1. The van der Waals surface area contributed by atoms with Gasteiger partial charge in [0, 0.05) is 36.6 Å². The second-order valence-electron chi connectivity index (χ2n) is 6.32. The molecule has 1 aliphatic heterocycles. The van der Waals surface area contributed by atoms with Gasteiger partial charge in [-0.1, -0.05) is 25.2 Å². The van der Waals surface area contributed by atoms with E-state index >= 15 is 0 Å². The SMILES string of the molecule is CCCC(CC#Cc1ccc(C(=O)N2CCCCC2)cc1)C(N)=O. The highest BCUT2D eigenvalue weighted by atomic mass is 16.2. The summed E-state index contributed by atoms with van der Waals surface area (Å²) in [5.74, 6) is 5.73. The first-order chi connectivity index (χ1) is 11.6. The Balaban J connectivity index is 1.95. The molecule has 1 aromatic rings. The van der Waals surface area contributed by atoms with Gasteiger partial charge in [-0.05, 0) is 49.9 Å². The largest absolute Gasteiger partial charge is 0.369 e. The monoisotopic (exact) mass is 326 g/mol. The molecule has 2 N–H and O–H groups in total. The summed E-state index contributed by atoms with van der Waals surface area (Å²) in [7, 11) is 0. The van der Waals surface area contributed by atoms with Gasteiger partial charge in [-0.25, -0.2) is 0 Å².